The van der Waals surface area contributed by atoms with E-state index in [1.54, 1.807) is 19.1 Å². The molecular weight excluding hydrogens is 339 g/mol. The van der Waals surface area contributed by atoms with Crippen molar-refractivity contribution in [3.63, 3.8) is 0 Å². The Kier molecular flexibility index (Phi) is 5.27. The number of hydrogen-bond acceptors (Lipinski definition) is 3. The van der Waals surface area contributed by atoms with Crippen LogP contribution in [0.1, 0.15) is 37.7 Å². The van der Waals surface area contributed by atoms with Crippen molar-refractivity contribution in [2.45, 2.75) is 50.0 Å². The minimum Gasteiger partial charge on any atom is -0.382 e. The van der Waals surface area contributed by atoms with Gasteiger partial charge >= 0.3 is 0 Å². The van der Waals surface area contributed by atoms with Gasteiger partial charge in [0.2, 0.25) is 0 Å². The molecule has 134 valence electrons. The molecule has 2 N–H and O–H groups in total. The van der Waals surface area contributed by atoms with Crippen molar-refractivity contribution in [3.05, 3.63) is 53.8 Å². The molecule has 0 saturated heterocycles. The van der Waals surface area contributed by atoms with E-state index in [0.717, 1.165) is 11.8 Å². The molecule has 4 nitrogen and oxygen atoms in total. The lowest BCUT2D eigenvalue weighted by atomic mass is 9.95. The summed E-state index contributed by atoms with van der Waals surface area (Å²) in [5.41, 5.74) is 1.86. The summed E-state index contributed by atoms with van der Waals surface area (Å²) in [6, 6.07) is 11.4. The fourth-order valence-electron chi connectivity index (χ4n) is 3.24. The Labute approximate surface area is 148 Å². The van der Waals surface area contributed by atoms with Gasteiger partial charge in [0.25, 0.3) is 10.0 Å². The number of benzene rings is 2. The molecule has 0 bridgehead atoms. The first-order valence-corrected chi connectivity index (χ1v) is 10.1. The Hall–Kier alpha value is -2.08. The van der Waals surface area contributed by atoms with Crippen LogP contribution in [-0.2, 0) is 10.0 Å². The average Bonchev–Trinajstić information content (AvgIpc) is 2.57. The second kappa shape index (κ2) is 7.44. The summed E-state index contributed by atoms with van der Waals surface area (Å²) in [6.07, 6.45) is 6.18. The van der Waals surface area contributed by atoms with E-state index in [1.807, 2.05) is 12.1 Å². The summed E-state index contributed by atoms with van der Waals surface area (Å²) in [7, 11) is -3.74. The van der Waals surface area contributed by atoms with E-state index in [9.17, 15) is 12.8 Å². The van der Waals surface area contributed by atoms with Crippen molar-refractivity contribution in [1.29, 1.82) is 0 Å². The zero-order valence-electron chi connectivity index (χ0n) is 14.3. The van der Waals surface area contributed by atoms with Crippen LogP contribution in [0.2, 0.25) is 0 Å². The van der Waals surface area contributed by atoms with Crippen molar-refractivity contribution in [2.75, 3.05) is 10.0 Å². The van der Waals surface area contributed by atoms with Gasteiger partial charge < -0.3 is 5.32 Å². The highest BCUT2D eigenvalue weighted by atomic mass is 32.2. The first-order valence-electron chi connectivity index (χ1n) is 8.60. The van der Waals surface area contributed by atoms with Gasteiger partial charge in [0, 0.05) is 17.4 Å². The molecule has 1 aliphatic carbocycles. The molecule has 0 aromatic heterocycles. The third-order valence-electron chi connectivity index (χ3n) is 4.54. The van der Waals surface area contributed by atoms with E-state index in [-0.39, 0.29) is 4.90 Å². The van der Waals surface area contributed by atoms with Crippen LogP contribution in [0.3, 0.4) is 0 Å². The van der Waals surface area contributed by atoms with Crippen molar-refractivity contribution >= 4 is 21.4 Å². The zero-order valence-corrected chi connectivity index (χ0v) is 15.1. The predicted molar refractivity (Wildman–Crippen MR) is 98.9 cm³/mol. The van der Waals surface area contributed by atoms with Gasteiger partial charge in [-0.15, -0.1) is 0 Å². The molecule has 2 aromatic carbocycles. The van der Waals surface area contributed by atoms with Gasteiger partial charge in [-0.25, -0.2) is 12.8 Å². The van der Waals surface area contributed by atoms with Crippen LogP contribution in [0.25, 0.3) is 0 Å². The number of sulfonamides is 1. The first kappa shape index (κ1) is 17.7. The summed E-state index contributed by atoms with van der Waals surface area (Å²) in [6.45, 7) is 1.58. The second-order valence-corrected chi connectivity index (χ2v) is 8.22. The maximum Gasteiger partial charge on any atom is 0.262 e. The SMILES string of the molecule is Cc1cc(F)ccc1S(=O)(=O)Nc1ccc(NC2CCCCC2)cc1. The molecule has 0 unspecified atom stereocenters. The Morgan fingerprint density at radius 2 is 1.60 bits per heavy atom. The molecule has 6 heteroatoms. The molecule has 2 aromatic rings. The molecule has 1 fully saturated rings. The third-order valence-corrected chi connectivity index (χ3v) is 6.08. The van der Waals surface area contributed by atoms with Crippen LogP contribution in [0.5, 0.6) is 0 Å². The van der Waals surface area contributed by atoms with Crippen LogP contribution < -0.4 is 10.0 Å². The minimum atomic E-state index is -3.74. The normalized spacial score (nSPS) is 15.8. The van der Waals surface area contributed by atoms with Crippen molar-refractivity contribution in [1.82, 2.24) is 0 Å². The third kappa shape index (κ3) is 4.51. The topological polar surface area (TPSA) is 58.2 Å². The van der Waals surface area contributed by atoms with Gasteiger partial charge in [0.05, 0.1) is 4.90 Å². The lowest BCUT2D eigenvalue weighted by Gasteiger charge is -2.24. The lowest BCUT2D eigenvalue weighted by Crippen LogP contribution is -2.22. The number of rotatable bonds is 5. The number of halogens is 1. The van der Waals surface area contributed by atoms with Crippen LogP contribution in [0.15, 0.2) is 47.4 Å². The number of aryl methyl sites for hydroxylation is 1. The smallest absolute Gasteiger partial charge is 0.262 e. The van der Waals surface area contributed by atoms with Crippen molar-refractivity contribution in [3.8, 4) is 0 Å². The first-order chi connectivity index (χ1) is 11.9. The molecule has 1 aliphatic rings. The standard InChI is InChI=1S/C19H23FN2O2S/c1-14-13-15(20)7-12-19(14)25(23,24)22-18-10-8-17(9-11-18)21-16-5-3-2-4-6-16/h7-13,16,21-22H,2-6H2,1H3. The van der Waals surface area contributed by atoms with E-state index in [2.05, 4.69) is 10.0 Å². The summed E-state index contributed by atoms with van der Waals surface area (Å²) in [5.74, 6) is -0.449. The van der Waals surface area contributed by atoms with E-state index >= 15 is 0 Å². The molecule has 0 spiro atoms. The van der Waals surface area contributed by atoms with Gasteiger partial charge in [-0.1, -0.05) is 19.3 Å². The Morgan fingerprint density at radius 3 is 2.24 bits per heavy atom. The molecule has 0 atom stereocenters. The van der Waals surface area contributed by atoms with Gasteiger partial charge in [-0.05, 0) is 67.8 Å². The van der Waals surface area contributed by atoms with E-state index in [0.29, 0.717) is 17.3 Å². The summed E-state index contributed by atoms with van der Waals surface area (Å²) >= 11 is 0. The molecule has 0 aliphatic heterocycles. The molecule has 3 rings (SSSR count). The molecule has 25 heavy (non-hydrogen) atoms. The van der Waals surface area contributed by atoms with Crippen LogP contribution in [0.4, 0.5) is 15.8 Å². The maximum atomic E-state index is 13.2. The highest BCUT2D eigenvalue weighted by Gasteiger charge is 2.17. The van der Waals surface area contributed by atoms with E-state index in [4.69, 9.17) is 0 Å². The number of hydrogen-bond donors (Lipinski definition) is 2. The average molecular weight is 362 g/mol. The Morgan fingerprint density at radius 1 is 0.960 bits per heavy atom. The summed E-state index contributed by atoms with van der Waals surface area (Å²) in [5, 5.41) is 3.50. The van der Waals surface area contributed by atoms with Crippen LogP contribution >= 0.6 is 0 Å². The van der Waals surface area contributed by atoms with Crippen LogP contribution in [0, 0.1) is 12.7 Å². The van der Waals surface area contributed by atoms with Gasteiger partial charge in [-0.3, -0.25) is 4.72 Å². The molecule has 0 heterocycles. The minimum absolute atomic E-state index is 0.0818. The fourth-order valence-corrected chi connectivity index (χ4v) is 4.53. The van der Waals surface area contributed by atoms with Crippen LogP contribution in [-0.4, -0.2) is 14.5 Å². The van der Waals surface area contributed by atoms with E-state index < -0.39 is 15.8 Å². The summed E-state index contributed by atoms with van der Waals surface area (Å²) in [4.78, 5) is 0.0818. The summed E-state index contributed by atoms with van der Waals surface area (Å²) < 4.78 is 40.7. The largest absolute Gasteiger partial charge is 0.382 e. The molecule has 1 saturated carbocycles. The highest BCUT2D eigenvalue weighted by molar-refractivity contribution is 7.92. The maximum absolute atomic E-state index is 13.2. The lowest BCUT2D eigenvalue weighted by molar-refractivity contribution is 0.463. The molecule has 0 amide bonds. The van der Waals surface area contributed by atoms with Gasteiger partial charge in [0.1, 0.15) is 5.82 Å². The Balaban J connectivity index is 1.69. The van der Waals surface area contributed by atoms with Crippen molar-refractivity contribution in [2.24, 2.45) is 0 Å². The second-order valence-electron chi connectivity index (χ2n) is 6.57. The molecule has 0 radical (unpaired) electrons. The van der Waals surface area contributed by atoms with E-state index in [1.165, 1.54) is 44.2 Å². The molecular formula is C19H23FN2O2S. The quantitative estimate of drug-likeness (QED) is 0.812. The monoisotopic (exact) mass is 362 g/mol. The Bertz CT molecular complexity index is 829. The number of anilines is 2. The highest BCUT2D eigenvalue weighted by Crippen LogP contribution is 2.24. The zero-order chi connectivity index (χ0) is 17.9. The van der Waals surface area contributed by atoms with Gasteiger partial charge in [0.15, 0.2) is 0 Å². The van der Waals surface area contributed by atoms with Crippen molar-refractivity contribution < 1.29 is 12.8 Å². The fraction of sp³-hybridized carbons (Fsp3) is 0.368. The number of nitrogens with one attached hydrogen (secondary N) is 2. The van der Waals surface area contributed by atoms with Gasteiger partial charge in [-0.2, -0.15) is 0 Å². The predicted octanol–water partition coefficient (Wildman–Crippen LogP) is 4.68.